The molecule has 140 valence electrons. The average molecular weight is 371 g/mol. The molecule has 0 aromatic heterocycles. The molecular formula is C18H20FN6O2+. The zero-order valence-electron chi connectivity index (χ0n) is 15.2. The maximum Gasteiger partial charge on any atom is 0.446 e. The van der Waals surface area contributed by atoms with Crippen LogP contribution in [-0.2, 0) is 4.79 Å². The van der Waals surface area contributed by atoms with Gasteiger partial charge in [-0.15, -0.1) is 0 Å². The molecule has 1 aromatic carbocycles. The number of imide groups is 1. The first-order chi connectivity index (χ1) is 13.0. The van der Waals surface area contributed by atoms with E-state index in [1.807, 2.05) is 11.0 Å². The molecule has 0 bridgehead atoms. The number of aliphatic imine (C=N–C) groups is 2. The molecule has 0 atom stereocenters. The van der Waals surface area contributed by atoms with E-state index in [1.54, 1.807) is 19.2 Å². The normalized spacial score (nSPS) is 20.9. The lowest BCUT2D eigenvalue weighted by Gasteiger charge is -2.35. The highest BCUT2D eigenvalue weighted by Gasteiger charge is 2.44. The highest BCUT2D eigenvalue weighted by atomic mass is 19.1. The zero-order chi connectivity index (χ0) is 19.1. The summed E-state index contributed by atoms with van der Waals surface area (Å²) in [5.41, 5.74) is 0.825. The first kappa shape index (κ1) is 17.5. The Balaban J connectivity index is 1.44. The highest BCUT2D eigenvalue weighted by molar-refractivity contribution is 6.70. The van der Waals surface area contributed by atoms with E-state index in [0.29, 0.717) is 37.0 Å². The zero-order valence-corrected chi connectivity index (χ0v) is 15.2. The Morgan fingerprint density at radius 3 is 2.52 bits per heavy atom. The van der Waals surface area contributed by atoms with E-state index >= 15 is 0 Å². The number of rotatable bonds is 3. The van der Waals surface area contributed by atoms with Crippen LogP contribution >= 0.6 is 0 Å². The monoisotopic (exact) mass is 371 g/mol. The summed E-state index contributed by atoms with van der Waals surface area (Å²) in [4.78, 5) is 38.2. The summed E-state index contributed by atoms with van der Waals surface area (Å²) in [6.45, 7) is 3.34. The standard InChI is InChI=1S/C18H20FN6O2/c1-22-16-15(17(26)23(2)18(22)27)20-14(21-16)11-24-7-9-25(10-8-24)13-6-4-3-5-12(13)19/h3-6H,7-11H2,1-2H3/q+1. The molecular weight excluding hydrogens is 351 g/mol. The van der Waals surface area contributed by atoms with Gasteiger partial charge in [0.05, 0.1) is 26.3 Å². The minimum absolute atomic E-state index is 0.208. The van der Waals surface area contributed by atoms with E-state index in [-0.39, 0.29) is 11.5 Å². The summed E-state index contributed by atoms with van der Waals surface area (Å²) in [5.74, 6) is 0.176. The van der Waals surface area contributed by atoms with E-state index in [1.165, 1.54) is 17.7 Å². The number of benzene rings is 1. The molecule has 0 saturated carbocycles. The van der Waals surface area contributed by atoms with Crippen molar-refractivity contribution >= 4 is 35.0 Å². The largest absolute Gasteiger partial charge is 0.446 e. The van der Waals surface area contributed by atoms with Gasteiger partial charge in [0.1, 0.15) is 5.82 Å². The third kappa shape index (κ3) is 3.03. The van der Waals surface area contributed by atoms with Crippen LogP contribution in [0.4, 0.5) is 14.9 Å². The smallest absolute Gasteiger partial charge is 0.367 e. The fraction of sp³-hybridized carbons (Fsp3) is 0.389. The number of hydrogen-bond donors (Lipinski definition) is 0. The van der Waals surface area contributed by atoms with Crippen molar-refractivity contribution in [3.05, 3.63) is 30.1 Å². The number of carbonyl (C=O) groups is 2. The fourth-order valence-electron chi connectivity index (χ4n) is 3.44. The molecule has 3 heterocycles. The van der Waals surface area contributed by atoms with Crippen molar-refractivity contribution in [1.29, 1.82) is 0 Å². The van der Waals surface area contributed by atoms with Gasteiger partial charge >= 0.3 is 17.8 Å². The molecule has 1 aromatic rings. The van der Waals surface area contributed by atoms with Crippen LogP contribution in [0.2, 0.25) is 0 Å². The molecule has 0 aliphatic carbocycles. The number of para-hydroxylation sites is 1. The van der Waals surface area contributed by atoms with Crippen LogP contribution < -0.4 is 4.90 Å². The first-order valence-electron chi connectivity index (χ1n) is 8.77. The van der Waals surface area contributed by atoms with Gasteiger partial charge in [-0.1, -0.05) is 17.1 Å². The number of halogens is 1. The Labute approximate surface area is 155 Å². The van der Waals surface area contributed by atoms with Crippen LogP contribution in [0.25, 0.3) is 0 Å². The molecule has 4 rings (SSSR count). The molecule has 27 heavy (non-hydrogen) atoms. The molecule has 1 saturated heterocycles. The van der Waals surface area contributed by atoms with E-state index in [9.17, 15) is 14.0 Å². The summed E-state index contributed by atoms with van der Waals surface area (Å²) in [7, 11) is 3.01. The van der Waals surface area contributed by atoms with E-state index in [2.05, 4.69) is 14.9 Å². The van der Waals surface area contributed by atoms with Crippen LogP contribution in [0.15, 0.2) is 34.3 Å². The van der Waals surface area contributed by atoms with Gasteiger partial charge in [-0.3, -0.25) is 4.90 Å². The molecule has 0 spiro atoms. The fourth-order valence-corrected chi connectivity index (χ4v) is 3.44. The second-order valence-corrected chi connectivity index (χ2v) is 6.73. The van der Waals surface area contributed by atoms with Crippen molar-refractivity contribution in [2.75, 3.05) is 51.7 Å². The number of carbonyl (C=O) groups excluding carboxylic acids is 2. The van der Waals surface area contributed by atoms with Crippen LogP contribution in [0.3, 0.4) is 0 Å². The van der Waals surface area contributed by atoms with Crippen molar-refractivity contribution in [3.8, 4) is 0 Å². The second-order valence-electron chi connectivity index (χ2n) is 6.73. The van der Waals surface area contributed by atoms with Crippen LogP contribution in [-0.4, -0.2) is 90.5 Å². The maximum absolute atomic E-state index is 13.9. The Morgan fingerprint density at radius 1 is 1.11 bits per heavy atom. The maximum atomic E-state index is 13.9. The second kappa shape index (κ2) is 6.66. The predicted molar refractivity (Wildman–Crippen MR) is 99.3 cm³/mol. The Hall–Kier alpha value is -2.94. The van der Waals surface area contributed by atoms with Crippen molar-refractivity contribution in [2.24, 2.45) is 9.98 Å². The average Bonchev–Trinajstić information content (AvgIpc) is 3.10. The Kier molecular flexibility index (Phi) is 4.31. The molecule has 3 amide bonds. The molecule has 0 unspecified atom stereocenters. The number of fused-ring (bicyclic) bond motifs is 1. The molecule has 8 nitrogen and oxygen atoms in total. The van der Waals surface area contributed by atoms with Crippen LogP contribution in [0, 0.1) is 5.82 Å². The molecule has 0 N–H and O–H groups in total. The number of hydrogen-bond acceptors (Lipinski definition) is 6. The van der Waals surface area contributed by atoms with E-state index in [0.717, 1.165) is 18.0 Å². The number of anilines is 1. The quantitative estimate of drug-likeness (QED) is 0.723. The Morgan fingerprint density at radius 2 is 1.81 bits per heavy atom. The summed E-state index contributed by atoms with van der Waals surface area (Å²) in [6, 6.07) is 6.35. The number of piperazine rings is 1. The lowest BCUT2D eigenvalue weighted by Crippen LogP contribution is -2.51. The summed E-state index contributed by atoms with van der Waals surface area (Å²) in [5, 5.41) is 0. The van der Waals surface area contributed by atoms with Crippen molar-refractivity contribution < 1.29 is 18.6 Å². The van der Waals surface area contributed by atoms with Crippen molar-refractivity contribution in [2.45, 2.75) is 0 Å². The predicted octanol–water partition coefficient (Wildman–Crippen LogP) is 0.434. The third-order valence-electron chi connectivity index (χ3n) is 5.02. The number of nitrogens with zero attached hydrogens (tertiary/aromatic N) is 6. The number of amides is 3. The van der Waals surface area contributed by atoms with Crippen molar-refractivity contribution in [1.82, 2.24) is 9.80 Å². The SMILES string of the molecule is CN1C(=O)C2=NC(CN3CCN(c4ccccc4F)CC3)=NC2=[N+](C)C1=O. The topological polar surface area (TPSA) is 71.6 Å². The minimum atomic E-state index is -0.434. The summed E-state index contributed by atoms with van der Waals surface area (Å²) >= 11 is 0. The first-order valence-corrected chi connectivity index (χ1v) is 8.77. The van der Waals surface area contributed by atoms with Gasteiger partial charge in [0, 0.05) is 26.2 Å². The van der Waals surface area contributed by atoms with E-state index in [4.69, 9.17) is 0 Å². The van der Waals surface area contributed by atoms with Gasteiger partial charge in [-0.05, 0) is 12.1 Å². The number of amidine groups is 2. The number of urea groups is 1. The van der Waals surface area contributed by atoms with Gasteiger partial charge in [-0.25, -0.2) is 19.0 Å². The molecule has 0 radical (unpaired) electrons. The lowest BCUT2D eigenvalue weighted by molar-refractivity contribution is -0.401. The van der Waals surface area contributed by atoms with Gasteiger partial charge < -0.3 is 4.90 Å². The lowest BCUT2D eigenvalue weighted by atomic mass is 10.2. The van der Waals surface area contributed by atoms with Gasteiger partial charge in [-0.2, -0.15) is 9.48 Å². The molecule has 3 aliphatic heterocycles. The minimum Gasteiger partial charge on any atom is -0.367 e. The van der Waals surface area contributed by atoms with E-state index < -0.39 is 11.9 Å². The summed E-state index contributed by atoms with van der Waals surface area (Å²) in [6.07, 6.45) is 0. The highest BCUT2D eigenvalue weighted by Crippen LogP contribution is 2.20. The Bertz CT molecular complexity index is 914. The van der Waals surface area contributed by atoms with Gasteiger partial charge in [0.15, 0.2) is 0 Å². The van der Waals surface area contributed by atoms with Crippen molar-refractivity contribution in [3.63, 3.8) is 0 Å². The van der Waals surface area contributed by atoms with Crippen LogP contribution in [0.5, 0.6) is 0 Å². The van der Waals surface area contributed by atoms with Gasteiger partial charge in [0.2, 0.25) is 11.5 Å². The molecule has 3 aliphatic rings. The third-order valence-corrected chi connectivity index (χ3v) is 5.02. The van der Waals surface area contributed by atoms with Crippen LogP contribution in [0.1, 0.15) is 0 Å². The molecule has 1 fully saturated rings. The molecule has 9 heteroatoms. The summed E-state index contributed by atoms with van der Waals surface area (Å²) < 4.78 is 15.3. The van der Waals surface area contributed by atoms with Gasteiger partial charge in [0.25, 0.3) is 0 Å².